The monoisotopic (exact) mass is 432 g/mol. The third-order valence-corrected chi connectivity index (χ3v) is 6.90. The molecule has 0 aliphatic carbocycles. The summed E-state index contributed by atoms with van der Waals surface area (Å²) < 4.78 is 27.0. The van der Waals surface area contributed by atoms with Crippen LogP contribution < -0.4 is 0 Å². The van der Waals surface area contributed by atoms with E-state index < -0.39 is 10.0 Å². The van der Waals surface area contributed by atoms with Crippen molar-refractivity contribution in [1.82, 2.24) is 9.21 Å². The molecule has 0 unspecified atom stereocenters. The second-order valence-corrected chi connectivity index (χ2v) is 9.07. The lowest BCUT2D eigenvalue weighted by molar-refractivity contribution is -0.127. The van der Waals surface area contributed by atoms with Gasteiger partial charge in [0.25, 0.3) is 0 Å². The van der Waals surface area contributed by atoms with Gasteiger partial charge < -0.3 is 4.90 Å². The van der Waals surface area contributed by atoms with E-state index in [2.05, 4.69) is 0 Å². The van der Waals surface area contributed by atoms with Crippen LogP contribution in [0.2, 0.25) is 5.02 Å². The predicted molar refractivity (Wildman–Crippen MR) is 112 cm³/mol. The summed E-state index contributed by atoms with van der Waals surface area (Å²) in [5.74, 6) is -0.282. The Hall–Kier alpha value is -2.48. The van der Waals surface area contributed by atoms with Crippen LogP contribution in [0.5, 0.6) is 0 Å². The molecule has 152 valence electrons. The molecule has 1 saturated heterocycles. The number of piperazine rings is 1. The molecule has 1 aliphatic rings. The van der Waals surface area contributed by atoms with Crippen molar-refractivity contribution in [2.75, 3.05) is 26.2 Å². The second-order valence-electron chi connectivity index (χ2n) is 6.69. The number of Topliss-reactive ketones (excluding diaryl/α,β-unsaturated/α-hetero) is 1. The maximum absolute atomic E-state index is 12.8. The van der Waals surface area contributed by atoms with Crippen molar-refractivity contribution in [3.8, 4) is 0 Å². The SMILES string of the molecule is CC(=O)c1ccc(S(=O)(=O)N2CCN(C(=O)/C=C/c3ccc(Cl)cc3)CC2)cc1. The van der Waals surface area contributed by atoms with E-state index in [1.165, 1.54) is 41.6 Å². The van der Waals surface area contributed by atoms with Gasteiger partial charge in [-0.05, 0) is 42.8 Å². The van der Waals surface area contributed by atoms with Crippen LogP contribution in [-0.2, 0) is 14.8 Å². The summed E-state index contributed by atoms with van der Waals surface area (Å²) in [6.07, 6.45) is 3.19. The van der Waals surface area contributed by atoms with E-state index in [9.17, 15) is 18.0 Å². The van der Waals surface area contributed by atoms with E-state index in [1.807, 2.05) is 12.1 Å². The lowest BCUT2D eigenvalue weighted by Gasteiger charge is -2.33. The van der Waals surface area contributed by atoms with Gasteiger partial charge in [-0.3, -0.25) is 9.59 Å². The molecule has 0 saturated carbocycles. The van der Waals surface area contributed by atoms with Crippen molar-refractivity contribution in [1.29, 1.82) is 0 Å². The number of sulfonamides is 1. The second kappa shape index (κ2) is 8.90. The number of hydrogen-bond donors (Lipinski definition) is 0. The molecule has 0 radical (unpaired) electrons. The highest BCUT2D eigenvalue weighted by Gasteiger charge is 2.29. The van der Waals surface area contributed by atoms with Gasteiger partial charge in [0.15, 0.2) is 5.78 Å². The molecule has 1 aliphatic heterocycles. The van der Waals surface area contributed by atoms with Crippen LogP contribution in [0.4, 0.5) is 0 Å². The van der Waals surface area contributed by atoms with Crippen LogP contribution in [0, 0.1) is 0 Å². The van der Waals surface area contributed by atoms with Crippen LogP contribution in [-0.4, -0.2) is 55.5 Å². The lowest BCUT2D eigenvalue weighted by atomic mass is 10.2. The molecule has 1 heterocycles. The summed E-state index contributed by atoms with van der Waals surface area (Å²) in [6.45, 7) is 2.50. The van der Waals surface area contributed by atoms with Gasteiger partial charge in [-0.1, -0.05) is 35.9 Å². The van der Waals surface area contributed by atoms with Gasteiger partial charge in [-0.2, -0.15) is 4.31 Å². The smallest absolute Gasteiger partial charge is 0.246 e. The number of carbonyl (C=O) groups excluding carboxylic acids is 2. The normalized spacial score (nSPS) is 15.6. The number of halogens is 1. The van der Waals surface area contributed by atoms with Gasteiger partial charge in [0.05, 0.1) is 4.90 Å². The van der Waals surface area contributed by atoms with Crippen molar-refractivity contribution >= 4 is 39.4 Å². The molecule has 0 spiro atoms. The van der Waals surface area contributed by atoms with E-state index in [1.54, 1.807) is 23.1 Å². The minimum atomic E-state index is -3.66. The average Bonchev–Trinajstić information content (AvgIpc) is 2.73. The molecule has 29 heavy (non-hydrogen) atoms. The summed E-state index contributed by atoms with van der Waals surface area (Å²) in [4.78, 5) is 25.5. The highest BCUT2D eigenvalue weighted by atomic mass is 35.5. The minimum absolute atomic E-state index is 0.118. The molecule has 3 rings (SSSR count). The molecule has 1 fully saturated rings. The summed E-state index contributed by atoms with van der Waals surface area (Å²) in [6, 6.07) is 13.0. The Bertz CT molecular complexity index is 1020. The summed E-state index contributed by atoms with van der Waals surface area (Å²) in [7, 11) is -3.66. The summed E-state index contributed by atoms with van der Waals surface area (Å²) in [5, 5.41) is 0.627. The maximum atomic E-state index is 12.8. The van der Waals surface area contributed by atoms with Crippen molar-refractivity contribution in [2.24, 2.45) is 0 Å². The fourth-order valence-corrected chi connectivity index (χ4v) is 4.55. The lowest BCUT2D eigenvalue weighted by Crippen LogP contribution is -2.50. The first-order chi connectivity index (χ1) is 13.8. The largest absolute Gasteiger partial charge is 0.337 e. The van der Waals surface area contributed by atoms with Crippen LogP contribution in [0.25, 0.3) is 6.08 Å². The fraction of sp³-hybridized carbons (Fsp3) is 0.238. The van der Waals surface area contributed by atoms with Gasteiger partial charge in [0.1, 0.15) is 0 Å². The Labute approximate surface area is 175 Å². The van der Waals surface area contributed by atoms with Crippen LogP contribution in [0.15, 0.2) is 59.5 Å². The Balaban J connectivity index is 1.61. The zero-order valence-corrected chi connectivity index (χ0v) is 17.5. The molecule has 0 aromatic heterocycles. The quantitative estimate of drug-likeness (QED) is 0.537. The Morgan fingerprint density at radius 3 is 2.07 bits per heavy atom. The predicted octanol–water partition coefficient (Wildman–Crippen LogP) is 3.09. The topological polar surface area (TPSA) is 74.8 Å². The number of rotatable bonds is 5. The van der Waals surface area contributed by atoms with E-state index in [4.69, 9.17) is 11.6 Å². The molecule has 8 heteroatoms. The minimum Gasteiger partial charge on any atom is -0.337 e. The van der Waals surface area contributed by atoms with Gasteiger partial charge in [-0.15, -0.1) is 0 Å². The van der Waals surface area contributed by atoms with Gasteiger partial charge in [0, 0.05) is 42.8 Å². The molecule has 2 aromatic rings. The zero-order chi connectivity index (χ0) is 21.0. The van der Waals surface area contributed by atoms with Crippen molar-refractivity contribution in [3.05, 3.63) is 70.8 Å². The molecule has 0 atom stereocenters. The van der Waals surface area contributed by atoms with E-state index in [-0.39, 0.29) is 29.7 Å². The van der Waals surface area contributed by atoms with Crippen molar-refractivity contribution < 1.29 is 18.0 Å². The van der Waals surface area contributed by atoms with Crippen molar-refractivity contribution in [2.45, 2.75) is 11.8 Å². The van der Waals surface area contributed by atoms with Gasteiger partial charge in [-0.25, -0.2) is 8.42 Å². The molecule has 0 bridgehead atoms. The average molecular weight is 433 g/mol. The summed E-state index contributed by atoms with van der Waals surface area (Å²) >= 11 is 5.84. The van der Waals surface area contributed by atoms with Crippen molar-refractivity contribution in [3.63, 3.8) is 0 Å². The highest BCUT2D eigenvalue weighted by molar-refractivity contribution is 7.89. The number of ketones is 1. The molecule has 1 amide bonds. The standard InChI is InChI=1S/C21H21ClN2O4S/c1-16(25)18-5-9-20(10-6-18)29(27,28)24-14-12-23(13-15-24)21(26)11-4-17-2-7-19(22)8-3-17/h2-11H,12-15H2,1H3/b11-4+. The van der Waals surface area contributed by atoms with Crippen LogP contribution >= 0.6 is 11.6 Å². The number of amides is 1. The van der Waals surface area contributed by atoms with E-state index in [0.29, 0.717) is 23.7 Å². The Morgan fingerprint density at radius 2 is 1.52 bits per heavy atom. The van der Waals surface area contributed by atoms with Gasteiger partial charge >= 0.3 is 0 Å². The third kappa shape index (κ3) is 5.12. The number of nitrogens with zero attached hydrogens (tertiary/aromatic N) is 2. The van der Waals surface area contributed by atoms with E-state index in [0.717, 1.165) is 5.56 Å². The molecule has 0 N–H and O–H groups in total. The first-order valence-electron chi connectivity index (χ1n) is 9.11. The third-order valence-electron chi connectivity index (χ3n) is 4.74. The highest BCUT2D eigenvalue weighted by Crippen LogP contribution is 2.19. The summed E-state index contributed by atoms with van der Waals surface area (Å²) in [5.41, 5.74) is 1.32. The number of carbonyl (C=O) groups is 2. The number of benzene rings is 2. The molecular weight excluding hydrogens is 412 g/mol. The van der Waals surface area contributed by atoms with Gasteiger partial charge in [0.2, 0.25) is 15.9 Å². The molecular formula is C21H21ClN2O4S. The molecule has 2 aromatic carbocycles. The Kier molecular flexibility index (Phi) is 6.52. The van der Waals surface area contributed by atoms with Crippen LogP contribution in [0.1, 0.15) is 22.8 Å². The first kappa shape index (κ1) is 21.2. The zero-order valence-electron chi connectivity index (χ0n) is 15.9. The molecule has 6 nitrogen and oxygen atoms in total. The van der Waals surface area contributed by atoms with E-state index >= 15 is 0 Å². The first-order valence-corrected chi connectivity index (χ1v) is 10.9. The van der Waals surface area contributed by atoms with Crippen LogP contribution in [0.3, 0.4) is 0 Å². The maximum Gasteiger partial charge on any atom is 0.246 e. The fourth-order valence-electron chi connectivity index (χ4n) is 3.01. The Morgan fingerprint density at radius 1 is 0.931 bits per heavy atom. The number of hydrogen-bond acceptors (Lipinski definition) is 4.